The first-order chi connectivity index (χ1) is 15.2. The number of ketones is 1. The van der Waals surface area contributed by atoms with Crippen molar-refractivity contribution in [2.24, 2.45) is 0 Å². The van der Waals surface area contributed by atoms with E-state index in [1.54, 1.807) is 4.90 Å². The molecule has 7 heteroatoms. The Morgan fingerprint density at radius 1 is 1.16 bits per heavy atom. The van der Waals surface area contributed by atoms with E-state index in [2.05, 4.69) is 22.0 Å². The molecule has 5 rings (SSSR count). The Bertz CT molecular complexity index is 1000. The summed E-state index contributed by atoms with van der Waals surface area (Å²) in [6, 6.07) is 7.45. The Balaban J connectivity index is 1.20. The van der Waals surface area contributed by atoms with Crippen molar-refractivity contribution < 1.29 is 14.3 Å². The molecule has 1 unspecified atom stereocenters. The Labute approximate surface area is 181 Å². The fourth-order valence-electron chi connectivity index (χ4n) is 4.39. The third kappa shape index (κ3) is 4.19. The van der Waals surface area contributed by atoms with Gasteiger partial charge in [0.15, 0.2) is 5.78 Å². The van der Waals surface area contributed by atoms with Crippen LogP contribution in [0.1, 0.15) is 24.8 Å². The third-order valence-corrected chi connectivity index (χ3v) is 6.12. The maximum atomic E-state index is 12.7. The second-order valence-electron chi connectivity index (χ2n) is 8.19. The second-order valence-corrected chi connectivity index (χ2v) is 8.19. The van der Waals surface area contributed by atoms with Crippen LogP contribution in [0.2, 0.25) is 0 Å². The SMILES string of the molecule is O=C(C1CC(c2ccc(NC(=O)N3C=C4C=CNC=C4C3)cc2)=CCN1)[C@H]1CCCO1. The molecule has 0 aromatic heterocycles. The zero-order valence-corrected chi connectivity index (χ0v) is 17.3. The van der Waals surface area contributed by atoms with Crippen molar-refractivity contribution in [3.63, 3.8) is 0 Å². The highest BCUT2D eigenvalue weighted by Gasteiger charge is 2.31. The summed E-state index contributed by atoms with van der Waals surface area (Å²) in [7, 11) is 0. The average molecular weight is 418 g/mol. The van der Waals surface area contributed by atoms with Gasteiger partial charge in [-0.05, 0) is 59.8 Å². The first-order valence-electron chi connectivity index (χ1n) is 10.8. The summed E-state index contributed by atoms with van der Waals surface area (Å²) in [5.74, 6) is 0.160. The number of nitrogens with zero attached hydrogens (tertiary/aromatic N) is 1. The molecule has 0 saturated carbocycles. The Hall–Kier alpha value is -3.16. The van der Waals surface area contributed by atoms with Crippen molar-refractivity contribution in [1.29, 1.82) is 0 Å². The highest BCUT2D eigenvalue weighted by molar-refractivity contribution is 5.92. The summed E-state index contributed by atoms with van der Waals surface area (Å²) in [6.07, 6.45) is 11.9. The molecule has 0 aliphatic carbocycles. The molecule has 160 valence electrons. The van der Waals surface area contributed by atoms with Gasteiger partial charge in [-0.2, -0.15) is 0 Å². The van der Waals surface area contributed by atoms with Crippen LogP contribution in [0.5, 0.6) is 0 Å². The zero-order chi connectivity index (χ0) is 21.2. The van der Waals surface area contributed by atoms with E-state index in [1.165, 1.54) is 0 Å². The zero-order valence-electron chi connectivity index (χ0n) is 17.3. The average Bonchev–Trinajstić information content (AvgIpc) is 3.49. The highest BCUT2D eigenvalue weighted by Crippen LogP contribution is 2.27. The van der Waals surface area contributed by atoms with Gasteiger partial charge in [0.2, 0.25) is 0 Å². The standard InChI is InChI=1S/C24H26N4O3/c29-23(22-2-1-11-31-22)21-12-17(8-10-26-21)16-3-5-20(6-4-16)27-24(30)28-14-18-7-9-25-13-19(18)15-28/h3-9,13-14,21-22,25-26H,1-2,10-12,15H2,(H,27,30)/t21?,22-/m1/s1. The van der Waals surface area contributed by atoms with Crippen molar-refractivity contribution in [3.8, 4) is 0 Å². The van der Waals surface area contributed by atoms with Crippen molar-refractivity contribution in [2.45, 2.75) is 31.4 Å². The van der Waals surface area contributed by atoms with E-state index in [4.69, 9.17) is 4.74 Å². The molecule has 7 nitrogen and oxygen atoms in total. The Kier molecular flexibility index (Phi) is 5.44. The van der Waals surface area contributed by atoms with Crippen LogP contribution in [-0.4, -0.2) is 48.6 Å². The van der Waals surface area contributed by atoms with Crippen molar-refractivity contribution >= 4 is 23.1 Å². The number of Topliss-reactive ketones (excluding diaryl/α,β-unsaturated/α-hetero) is 1. The van der Waals surface area contributed by atoms with Crippen molar-refractivity contribution in [3.05, 3.63) is 71.7 Å². The van der Waals surface area contributed by atoms with Gasteiger partial charge in [0.25, 0.3) is 0 Å². The number of nitrogens with one attached hydrogen (secondary N) is 3. The maximum absolute atomic E-state index is 12.7. The summed E-state index contributed by atoms with van der Waals surface area (Å²) < 4.78 is 5.57. The lowest BCUT2D eigenvalue weighted by atomic mass is 9.91. The van der Waals surface area contributed by atoms with Crippen LogP contribution < -0.4 is 16.0 Å². The number of fused-ring (bicyclic) bond motifs is 1. The molecule has 0 bridgehead atoms. The largest absolute Gasteiger partial charge is 0.370 e. The quantitative estimate of drug-likeness (QED) is 0.700. The molecule has 31 heavy (non-hydrogen) atoms. The Morgan fingerprint density at radius 3 is 2.81 bits per heavy atom. The summed E-state index contributed by atoms with van der Waals surface area (Å²) >= 11 is 0. The molecule has 3 N–H and O–H groups in total. The lowest BCUT2D eigenvalue weighted by Crippen LogP contribution is -2.44. The van der Waals surface area contributed by atoms with Gasteiger partial charge < -0.3 is 20.7 Å². The summed E-state index contributed by atoms with van der Waals surface area (Å²) in [4.78, 5) is 27.0. The normalized spacial score (nSPS) is 24.6. The molecule has 4 aliphatic rings. The predicted octanol–water partition coefficient (Wildman–Crippen LogP) is 2.91. The molecule has 2 atom stereocenters. The van der Waals surface area contributed by atoms with Crippen LogP contribution in [0.3, 0.4) is 0 Å². The van der Waals surface area contributed by atoms with Gasteiger partial charge >= 0.3 is 6.03 Å². The highest BCUT2D eigenvalue weighted by atomic mass is 16.5. The topological polar surface area (TPSA) is 82.7 Å². The van der Waals surface area contributed by atoms with E-state index < -0.39 is 0 Å². The molecule has 1 aromatic carbocycles. The van der Waals surface area contributed by atoms with Gasteiger partial charge in [-0.1, -0.05) is 18.2 Å². The van der Waals surface area contributed by atoms with Gasteiger partial charge in [0.05, 0.1) is 12.6 Å². The van der Waals surface area contributed by atoms with E-state index >= 15 is 0 Å². The lowest BCUT2D eigenvalue weighted by molar-refractivity contribution is -0.129. The summed E-state index contributed by atoms with van der Waals surface area (Å²) in [6.45, 7) is 1.90. The minimum Gasteiger partial charge on any atom is -0.370 e. The molecule has 0 radical (unpaired) electrons. The van der Waals surface area contributed by atoms with Gasteiger partial charge in [-0.3, -0.25) is 9.69 Å². The minimum absolute atomic E-state index is 0.160. The number of benzene rings is 1. The van der Waals surface area contributed by atoms with E-state index in [0.717, 1.165) is 40.8 Å². The number of carbonyl (C=O) groups excluding carboxylic acids is 2. The first-order valence-corrected chi connectivity index (χ1v) is 10.8. The van der Waals surface area contributed by atoms with E-state index in [-0.39, 0.29) is 24.0 Å². The fourth-order valence-corrected chi connectivity index (χ4v) is 4.39. The molecular formula is C24H26N4O3. The van der Waals surface area contributed by atoms with Gasteiger partial charge in [0.1, 0.15) is 6.10 Å². The Morgan fingerprint density at radius 2 is 2.03 bits per heavy atom. The lowest BCUT2D eigenvalue weighted by Gasteiger charge is -2.25. The number of amides is 2. The van der Waals surface area contributed by atoms with Gasteiger partial charge in [0, 0.05) is 37.4 Å². The fraction of sp³-hybridized carbons (Fsp3) is 0.333. The van der Waals surface area contributed by atoms with Crippen LogP contribution in [-0.2, 0) is 9.53 Å². The van der Waals surface area contributed by atoms with Gasteiger partial charge in [-0.25, -0.2) is 4.79 Å². The number of anilines is 1. The molecule has 1 aromatic rings. The first kappa shape index (κ1) is 19.8. The summed E-state index contributed by atoms with van der Waals surface area (Å²) in [5, 5.41) is 9.30. The van der Waals surface area contributed by atoms with Crippen LogP contribution in [0, 0.1) is 0 Å². The van der Waals surface area contributed by atoms with Crippen molar-refractivity contribution in [1.82, 2.24) is 15.5 Å². The number of ether oxygens (including phenoxy) is 1. The van der Waals surface area contributed by atoms with Crippen LogP contribution in [0.4, 0.5) is 10.5 Å². The van der Waals surface area contributed by atoms with Crippen LogP contribution in [0.15, 0.2) is 66.2 Å². The van der Waals surface area contributed by atoms with Crippen molar-refractivity contribution in [2.75, 3.05) is 25.0 Å². The number of hydrogen-bond donors (Lipinski definition) is 3. The molecule has 4 aliphatic heterocycles. The second kappa shape index (κ2) is 8.53. The minimum atomic E-state index is -0.263. The number of urea groups is 1. The third-order valence-electron chi connectivity index (χ3n) is 6.12. The molecule has 1 saturated heterocycles. The predicted molar refractivity (Wildman–Crippen MR) is 119 cm³/mol. The van der Waals surface area contributed by atoms with E-state index in [0.29, 0.717) is 26.1 Å². The summed E-state index contributed by atoms with van der Waals surface area (Å²) in [5.41, 5.74) is 5.10. The monoisotopic (exact) mass is 418 g/mol. The molecule has 0 spiro atoms. The number of hydrogen-bond acceptors (Lipinski definition) is 5. The number of rotatable bonds is 4. The van der Waals surface area contributed by atoms with Gasteiger partial charge in [-0.15, -0.1) is 0 Å². The van der Waals surface area contributed by atoms with E-state index in [9.17, 15) is 9.59 Å². The van der Waals surface area contributed by atoms with Crippen LogP contribution in [0.25, 0.3) is 5.57 Å². The maximum Gasteiger partial charge on any atom is 0.326 e. The molecule has 1 fully saturated rings. The molecule has 4 heterocycles. The number of allylic oxidation sites excluding steroid dienone is 1. The number of dihydropyridines is 1. The molecular weight excluding hydrogens is 392 g/mol. The molecule has 2 amide bonds. The number of carbonyl (C=O) groups is 2. The van der Waals surface area contributed by atoms with Crippen LogP contribution >= 0.6 is 0 Å². The van der Waals surface area contributed by atoms with E-state index in [1.807, 2.05) is 48.9 Å². The smallest absolute Gasteiger partial charge is 0.326 e.